The lowest BCUT2D eigenvalue weighted by molar-refractivity contribution is 0.122. The van der Waals surface area contributed by atoms with Gasteiger partial charge in [0.2, 0.25) is 0 Å². The number of hydrogen-bond acceptors (Lipinski definition) is 3. The van der Waals surface area contributed by atoms with Crippen molar-refractivity contribution in [2.45, 2.75) is 61.1 Å². The summed E-state index contributed by atoms with van der Waals surface area (Å²) in [5, 5.41) is 0.364. The van der Waals surface area contributed by atoms with Crippen molar-refractivity contribution < 1.29 is 0 Å². The molecule has 2 aromatic rings. The van der Waals surface area contributed by atoms with Gasteiger partial charge in [-0.25, -0.2) is 0 Å². The predicted molar refractivity (Wildman–Crippen MR) is 126 cm³/mol. The second-order valence-electron chi connectivity index (χ2n) is 9.13. The Bertz CT molecular complexity index is 915. The van der Waals surface area contributed by atoms with Crippen LogP contribution in [0.15, 0.2) is 77.3 Å². The predicted octanol–water partition coefficient (Wildman–Crippen LogP) is 6.99. The lowest BCUT2D eigenvalue weighted by Crippen LogP contribution is -2.52. The summed E-state index contributed by atoms with van der Waals surface area (Å²) in [5.41, 5.74) is 5.53. The Morgan fingerprint density at radius 2 is 1.50 bits per heavy atom. The molecule has 0 spiro atoms. The molecule has 28 heavy (non-hydrogen) atoms. The molecule has 2 atom stereocenters. The van der Waals surface area contributed by atoms with E-state index in [9.17, 15) is 0 Å². The maximum Gasteiger partial charge on any atom is 0.0778 e. The Labute approximate surface area is 179 Å². The van der Waals surface area contributed by atoms with E-state index in [0.717, 1.165) is 0 Å². The van der Waals surface area contributed by atoms with Crippen molar-refractivity contribution in [3.8, 4) is 0 Å². The largest absolute Gasteiger partial charge is 0.355 e. The summed E-state index contributed by atoms with van der Waals surface area (Å²) < 4.78 is 0. The molecule has 0 saturated heterocycles. The molecule has 146 valence electrons. The minimum atomic E-state index is -0.248. The molecule has 1 heterocycles. The van der Waals surface area contributed by atoms with E-state index in [1.165, 1.54) is 27.3 Å². The van der Waals surface area contributed by atoms with E-state index in [1.54, 1.807) is 0 Å². The molecule has 0 bridgehead atoms. The molecule has 1 aliphatic heterocycles. The molecule has 2 unspecified atom stereocenters. The maximum atomic E-state index is 4.99. The van der Waals surface area contributed by atoms with Crippen molar-refractivity contribution in [1.82, 2.24) is 4.90 Å². The van der Waals surface area contributed by atoms with Crippen molar-refractivity contribution >= 4 is 30.0 Å². The maximum absolute atomic E-state index is 4.99. The average Bonchev–Trinajstić information content (AvgIpc) is 3.00. The first-order valence-corrected chi connectivity index (χ1v) is 11.3. The van der Waals surface area contributed by atoms with Gasteiger partial charge in [-0.1, -0.05) is 54.6 Å². The fourth-order valence-corrected chi connectivity index (χ4v) is 6.69. The molecule has 0 saturated carbocycles. The highest BCUT2D eigenvalue weighted by molar-refractivity contribution is 8.00. The van der Waals surface area contributed by atoms with Gasteiger partial charge in [0.05, 0.1) is 10.1 Å². The highest BCUT2D eigenvalue weighted by atomic mass is 32.2. The molecule has 0 N–H and O–H groups in total. The number of thioether (sulfide) groups is 1. The van der Waals surface area contributed by atoms with Crippen LogP contribution in [0, 0.1) is 0 Å². The van der Waals surface area contributed by atoms with Crippen molar-refractivity contribution in [2.75, 3.05) is 0 Å². The highest BCUT2D eigenvalue weighted by Crippen LogP contribution is 2.57. The Balaban J connectivity index is 1.89. The van der Waals surface area contributed by atoms with E-state index in [1.807, 2.05) is 11.8 Å². The molecule has 0 aromatic heterocycles. The van der Waals surface area contributed by atoms with E-state index < -0.39 is 0 Å². The lowest BCUT2D eigenvalue weighted by Gasteiger charge is -2.50. The third-order valence-corrected chi connectivity index (χ3v) is 7.05. The van der Waals surface area contributed by atoms with E-state index >= 15 is 0 Å². The van der Waals surface area contributed by atoms with Crippen LogP contribution < -0.4 is 0 Å². The second-order valence-corrected chi connectivity index (χ2v) is 11.4. The van der Waals surface area contributed by atoms with Crippen LogP contribution in [0.4, 0.5) is 0 Å². The molecular weight excluding hydrogens is 378 g/mol. The van der Waals surface area contributed by atoms with Crippen LogP contribution >= 0.6 is 24.4 Å². The first-order valence-electron chi connectivity index (χ1n) is 9.93. The van der Waals surface area contributed by atoms with Gasteiger partial charge in [0.15, 0.2) is 0 Å². The average molecular weight is 408 g/mol. The van der Waals surface area contributed by atoms with Gasteiger partial charge >= 0.3 is 0 Å². The first-order chi connectivity index (χ1) is 13.2. The topological polar surface area (TPSA) is 3.24 Å². The van der Waals surface area contributed by atoms with Crippen LogP contribution in [0.25, 0.3) is 5.57 Å². The number of fused-ring (bicyclic) bond motifs is 3. The summed E-state index contributed by atoms with van der Waals surface area (Å²) in [7, 11) is 0. The van der Waals surface area contributed by atoms with Crippen LogP contribution in [0.5, 0.6) is 0 Å². The SMILES string of the molecule is CC(C)(C)N(C1=CC=C(c2ccccc2)C2c3ccccc3SC12)C(C)(C)S. The second kappa shape index (κ2) is 7.03. The van der Waals surface area contributed by atoms with Crippen LogP contribution in [-0.2, 0) is 0 Å². The monoisotopic (exact) mass is 407 g/mol. The fourth-order valence-electron chi connectivity index (χ4n) is 4.78. The molecule has 1 aliphatic carbocycles. The Hall–Kier alpha value is -1.58. The van der Waals surface area contributed by atoms with E-state index in [4.69, 9.17) is 12.6 Å². The Morgan fingerprint density at radius 1 is 0.857 bits per heavy atom. The highest BCUT2D eigenvalue weighted by Gasteiger charge is 2.45. The number of rotatable bonds is 3. The summed E-state index contributed by atoms with van der Waals surface area (Å²) >= 11 is 6.99. The van der Waals surface area contributed by atoms with Gasteiger partial charge in [0.1, 0.15) is 0 Å². The van der Waals surface area contributed by atoms with Gasteiger partial charge in [-0.3, -0.25) is 0 Å². The number of thiol groups is 1. The molecule has 0 amide bonds. The number of hydrogen-bond donors (Lipinski definition) is 1. The van der Waals surface area contributed by atoms with E-state index in [0.29, 0.717) is 11.2 Å². The van der Waals surface area contributed by atoms with Crippen LogP contribution in [0.2, 0.25) is 0 Å². The normalized spacial score (nSPS) is 21.5. The smallest absolute Gasteiger partial charge is 0.0778 e. The molecule has 2 aliphatic rings. The third-order valence-electron chi connectivity index (χ3n) is 5.45. The quantitative estimate of drug-likeness (QED) is 0.431. The summed E-state index contributed by atoms with van der Waals surface area (Å²) in [6.45, 7) is 11.2. The molecule has 1 nitrogen and oxygen atoms in total. The van der Waals surface area contributed by atoms with Gasteiger partial charge in [-0.05, 0) is 63.5 Å². The minimum Gasteiger partial charge on any atom is -0.355 e. The fraction of sp³-hybridized carbons (Fsp3) is 0.360. The van der Waals surface area contributed by atoms with Crippen LogP contribution in [0.3, 0.4) is 0 Å². The summed E-state index contributed by atoms with van der Waals surface area (Å²) in [6.07, 6.45) is 4.68. The van der Waals surface area contributed by atoms with Gasteiger partial charge in [0.25, 0.3) is 0 Å². The minimum absolute atomic E-state index is 0.0188. The van der Waals surface area contributed by atoms with Crippen LogP contribution in [-0.4, -0.2) is 20.6 Å². The van der Waals surface area contributed by atoms with E-state index in [-0.39, 0.29) is 10.4 Å². The first kappa shape index (κ1) is 19.7. The molecule has 0 fully saturated rings. The molecule has 3 heteroatoms. The van der Waals surface area contributed by atoms with Crippen molar-refractivity contribution in [2.24, 2.45) is 0 Å². The Morgan fingerprint density at radius 3 is 2.14 bits per heavy atom. The molecule has 0 radical (unpaired) electrons. The number of allylic oxidation sites excluding steroid dienone is 3. The molecule has 2 aromatic carbocycles. The van der Waals surface area contributed by atoms with Gasteiger partial charge in [-0.15, -0.1) is 11.8 Å². The van der Waals surface area contributed by atoms with Crippen molar-refractivity contribution in [1.29, 1.82) is 0 Å². The summed E-state index contributed by atoms with van der Waals surface area (Å²) in [5.74, 6) is 0.365. The Kier molecular flexibility index (Phi) is 4.96. The number of benzene rings is 2. The summed E-state index contributed by atoms with van der Waals surface area (Å²) in [4.78, 5) is 3.65. The zero-order chi connectivity index (χ0) is 20.1. The van der Waals surface area contributed by atoms with Crippen LogP contribution in [0.1, 0.15) is 51.7 Å². The third kappa shape index (κ3) is 3.44. The van der Waals surface area contributed by atoms with Gasteiger partial charge in [-0.2, -0.15) is 12.6 Å². The standard InChI is InChI=1S/C25H29NS2/c1-24(2,3)26(25(4,5)27)20-16-15-18(17-11-7-6-8-12-17)22-19-13-9-10-14-21(19)28-23(20)22/h6-16,22-23,27H,1-5H3. The molecule has 4 rings (SSSR count). The zero-order valence-corrected chi connectivity index (χ0v) is 19.0. The van der Waals surface area contributed by atoms with E-state index in [2.05, 4.69) is 106 Å². The lowest BCUT2D eigenvalue weighted by atomic mass is 9.79. The van der Waals surface area contributed by atoms with Crippen molar-refractivity contribution in [3.05, 3.63) is 83.6 Å². The van der Waals surface area contributed by atoms with Crippen molar-refractivity contribution in [3.63, 3.8) is 0 Å². The molecular formula is C25H29NS2. The van der Waals surface area contributed by atoms with Gasteiger partial charge in [0, 0.05) is 22.0 Å². The van der Waals surface area contributed by atoms with Gasteiger partial charge < -0.3 is 4.90 Å². The summed E-state index contributed by atoms with van der Waals surface area (Å²) in [6, 6.07) is 19.7. The zero-order valence-electron chi connectivity index (χ0n) is 17.3. The number of nitrogens with zero attached hydrogens (tertiary/aromatic N) is 1.